The molecule has 0 saturated heterocycles. The van der Waals surface area contributed by atoms with Gasteiger partial charge in [-0.1, -0.05) is 0 Å². The molecule has 1 rings (SSSR count). The quantitative estimate of drug-likeness (QED) is 0.571. The Hall–Kier alpha value is -2.44. The summed E-state index contributed by atoms with van der Waals surface area (Å²) in [6.45, 7) is -0.133. The number of nitrogens with one attached hydrogen (secondary N) is 2. The first-order valence-corrected chi connectivity index (χ1v) is 4.78. The van der Waals surface area contributed by atoms with E-state index < -0.39 is 10.8 Å². The van der Waals surface area contributed by atoms with Gasteiger partial charge < -0.3 is 10.6 Å². The molecule has 1 aromatic rings. The highest BCUT2D eigenvalue weighted by molar-refractivity contribution is 5.96. The number of carbonyl (C=O) groups excluding carboxylic acids is 2. The summed E-state index contributed by atoms with van der Waals surface area (Å²) in [6.07, 6.45) is 0. The van der Waals surface area contributed by atoms with Crippen molar-refractivity contribution in [3.8, 4) is 0 Å². The Bertz CT molecular complexity index is 441. The van der Waals surface area contributed by atoms with Gasteiger partial charge in [0.1, 0.15) is 0 Å². The van der Waals surface area contributed by atoms with Crippen molar-refractivity contribution in [1.82, 2.24) is 10.6 Å². The Morgan fingerprint density at radius 3 is 2.35 bits per heavy atom. The van der Waals surface area contributed by atoms with E-state index in [4.69, 9.17) is 0 Å². The molecule has 0 saturated carbocycles. The fraction of sp³-hybridized carbons (Fsp3) is 0.200. The summed E-state index contributed by atoms with van der Waals surface area (Å²) in [7, 11) is 1.46. The fourth-order valence-electron chi connectivity index (χ4n) is 1.09. The number of hydrogen-bond donors (Lipinski definition) is 2. The van der Waals surface area contributed by atoms with Crippen LogP contribution in [0.15, 0.2) is 24.3 Å². The zero-order chi connectivity index (χ0) is 12.8. The smallest absolute Gasteiger partial charge is 0.269 e. The Balaban J connectivity index is 2.64. The largest absolute Gasteiger partial charge is 0.358 e. The van der Waals surface area contributed by atoms with Crippen molar-refractivity contribution >= 4 is 17.5 Å². The number of non-ortho nitro benzene ring substituents is 1. The van der Waals surface area contributed by atoms with E-state index in [9.17, 15) is 19.7 Å². The fourth-order valence-corrected chi connectivity index (χ4v) is 1.09. The molecule has 1 aromatic carbocycles. The van der Waals surface area contributed by atoms with Crippen molar-refractivity contribution in [3.63, 3.8) is 0 Å². The number of nitro benzene ring substituents is 1. The van der Waals surface area contributed by atoms with E-state index in [1.807, 2.05) is 0 Å². The lowest BCUT2D eigenvalue weighted by molar-refractivity contribution is -0.384. The summed E-state index contributed by atoms with van der Waals surface area (Å²) in [5.41, 5.74) is 0.173. The predicted molar refractivity (Wildman–Crippen MR) is 59.5 cm³/mol. The van der Waals surface area contributed by atoms with E-state index in [0.29, 0.717) is 0 Å². The average molecular weight is 237 g/mol. The number of carbonyl (C=O) groups is 2. The van der Waals surface area contributed by atoms with E-state index in [-0.39, 0.29) is 23.7 Å². The Morgan fingerprint density at radius 2 is 1.88 bits per heavy atom. The lowest BCUT2D eigenvalue weighted by Gasteiger charge is -2.03. The van der Waals surface area contributed by atoms with Gasteiger partial charge in [-0.2, -0.15) is 0 Å². The standard InChI is InChI=1S/C10H11N3O4/c1-11-9(14)6-12-10(15)7-2-4-8(5-3-7)13(16)17/h2-5H,6H2,1H3,(H,11,14)(H,12,15). The second-order valence-electron chi connectivity index (χ2n) is 3.16. The van der Waals surface area contributed by atoms with Gasteiger partial charge in [0.25, 0.3) is 11.6 Å². The first-order chi connectivity index (χ1) is 8.04. The molecule has 0 heterocycles. The minimum absolute atomic E-state index is 0.0900. The van der Waals surface area contributed by atoms with Gasteiger partial charge in [0.05, 0.1) is 11.5 Å². The molecule has 0 spiro atoms. The van der Waals surface area contributed by atoms with E-state index in [1.54, 1.807) is 0 Å². The van der Waals surface area contributed by atoms with Crippen LogP contribution in [0, 0.1) is 10.1 Å². The van der Waals surface area contributed by atoms with Crippen LogP contribution in [-0.2, 0) is 4.79 Å². The Morgan fingerprint density at radius 1 is 1.29 bits per heavy atom. The lowest BCUT2D eigenvalue weighted by atomic mass is 10.2. The summed E-state index contributed by atoms with van der Waals surface area (Å²) in [5, 5.41) is 15.1. The number of rotatable bonds is 4. The minimum atomic E-state index is -0.549. The maximum atomic E-state index is 11.5. The van der Waals surface area contributed by atoms with Gasteiger partial charge in [-0.05, 0) is 12.1 Å². The SMILES string of the molecule is CNC(=O)CNC(=O)c1ccc([N+](=O)[O-])cc1. The molecule has 7 nitrogen and oxygen atoms in total. The molecule has 0 unspecified atom stereocenters. The Labute approximate surface area is 97.0 Å². The summed E-state index contributed by atoms with van der Waals surface area (Å²) in [6, 6.07) is 5.12. The van der Waals surface area contributed by atoms with Crippen molar-refractivity contribution in [2.75, 3.05) is 13.6 Å². The van der Waals surface area contributed by atoms with Crippen molar-refractivity contribution in [3.05, 3.63) is 39.9 Å². The van der Waals surface area contributed by atoms with E-state index >= 15 is 0 Å². The maximum absolute atomic E-state index is 11.5. The van der Waals surface area contributed by atoms with Crippen LogP contribution in [0.4, 0.5) is 5.69 Å². The third-order valence-electron chi connectivity index (χ3n) is 2.03. The third kappa shape index (κ3) is 3.56. The first-order valence-electron chi connectivity index (χ1n) is 4.78. The number of likely N-dealkylation sites (N-methyl/N-ethyl adjacent to an activating group) is 1. The van der Waals surface area contributed by atoms with Gasteiger partial charge in [-0.3, -0.25) is 19.7 Å². The van der Waals surface area contributed by atoms with Gasteiger partial charge in [-0.25, -0.2) is 0 Å². The van der Waals surface area contributed by atoms with Crippen LogP contribution in [0.1, 0.15) is 10.4 Å². The molecule has 0 aliphatic rings. The van der Waals surface area contributed by atoms with Crippen LogP contribution < -0.4 is 10.6 Å². The van der Waals surface area contributed by atoms with Crippen LogP contribution in [0.5, 0.6) is 0 Å². The molecule has 7 heteroatoms. The predicted octanol–water partition coefficient (Wildman–Crippen LogP) is 0.0706. The molecule has 0 aliphatic heterocycles. The molecule has 17 heavy (non-hydrogen) atoms. The second-order valence-corrected chi connectivity index (χ2v) is 3.16. The molecule has 0 fully saturated rings. The topological polar surface area (TPSA) is 101 Å². The number of nitro groups is 1. The molecule has 2 N–H and O–H groups in total. The zero-order valence-electron chi connectivity index (χ0n) is 9.10. The summed E-state index contributed by atoms with van der Waals surface area (Å²) < 4.78 is 0. The lowest BCUT2D eigenvalue weighted by Crippen LogP contribution is -2.35. The van der Waals surface area contributed by atoms with Gasteiger partial charge in [-0.15, -0.1) is 0 Å². The van der Waals surface area contributed by atoms with Crippen LogP contribution >= 0.6 is 0 Å². The molecule has 90 valence electrons. The second kappa shape index (κ2) is 5.59. The molecule has 0 bridgehead atoms. The highest BCUT2D eigenvalue weighted by Crippen LogP contribution is 2.11. The van der Waals surface area contributed by atoms with Gasteiger partial charge in [0.2, 0.25) is 5.91 Å². The number of benzene rings is 1. The minimum Gasteiger partial charge on any atom is -0.358 e. The van der Waals surface area contributed by atoms with Crippen LogP contribution in [0.3, 0.4) is 0 Å². The highest BCUT2D eigenvalue weighted by atomic mass is 16.6. The molecule has 0 atom stereocenters. The monoisotopic (exact) mass is 237 g/mol. The zero-order valence-corrected chi connectivity index (χ0v) is 9.10. The highest BCUT2D eigenvalue weighted by Gasteiger charge is 2.09. The normalized spacial score (nSPS) is 9.47. The summed E-state index contributed by atoms with van der Waals surface area (Å²) in [4.78, 5) is 32.2. The van der Waals surface area contributed by atoms with Gasteiger partial charge >= 0.3 is 0 Å². The molecular weight excluding hydrogens is 226 g/mol. The number of hydrogen-bond acceptors (Lipinski definition) is 4. The summed E-state index contributed by atoms with van der Waals surface area (Å²) >= 11 is 0. The Kier molecular flexibility index (Phi) is 4.15. The third-order valence-corrected chi connectivity index (χ3v) is 2.03. The van der Waals surface area contributed by atoms with Crippen LogP contribution in [-0.4, -0.2) is 30.3 Å². The van der Waals surface area contributed by atoms with Crippen LogP contribution in [0.2, 0.25) is 0 Å². The van der Waals surface area contributed by atoms with E-state index in [2.05, 4.69) is 10.6 Å². The van der Waals surface area contributed by atoms with E-state index in [1.165, 1.54) is 31.3 Å². The van der Waals surface area contributed by atoms with Crippen molar-refractivity contribution < 1.29 is 14.5 Å². The molecule has 2 amide bonds. The molecule has 0 aliphatic carbocycles. The van der Waals surface area contributed by atoms with Gasteiger partial charge in [0.15, 0.2) is 0 Å². The van der Waals surface area contributed by atoms with Crippen molar-refractivity contribution in [2.24, 2.45) is 0 Å². The first kappa shape index (κ1) is 12.6. The number of amides is 2. The van der Waals surface area contributed by atoms with Gasteiger partial charge in [0, 0.05) is 24.7 Å². The average Bonchev–Trinajstić information content (AvgIpc) is 2.35. The molecule has 0 aromatic heterocycles. The molecule has 0 radical (unpaired) electrons. The van der Waals surface area contributed by atoms with Crippen molar-refractivity contribution in [1.29, 1.82) is 0 Å². The van der Waals surface area contributed by atoms with Crippen LogP contribution in [0.25, 0.3) is 0 Å². The van der Waals surface area contributed by atoms with Crippen molar-refractivity contribution in [2.45, 2.75) is 0 Å². The maximum Gasteiger partial charge on any atom is 0.269 e. The number of nitrogens with zero attached hydrogens (tertiary/aromatic N) is 1. The van der Waals surface area contributed by atoms with E-state index in [0.717, 1.165) is 0 Å². The summed E-state index contributed by atoms with van der Waals surface area (Å²) in [5.74, 6) is -0.774. The molecular formula is C10H11N3O4.